The summed E-state index contributed by atoms with van der Waals surface area (Å²) in [5.41, 5.74) is 5.41. The van der Waals surface area contributed by atoms with Crippen molar-refractivity contribution in [2.75, 3.05) is 0 Å². The molecule has 3 nitrogen and oxygen atoms in total. The lowest BCUT2D eigenvalue weighted by Crippen LogP contribution is -1.80. The van der Waals surface area contributed by atoms with Crippen LogP contribution in [0.5, 0.6) is 0 Å². The zero-order chi connectivity index (χ0) is 14.2. The third-order valence-corrected chi connectivity index (χ3v) is 4.39. The predicted molar refractivity (Wildman–Crippen MR) is 87.4 cm³/mol. The van der Waals surface area contributed by atoms with E-state index in [2.05, 4.69) is 44.7 Å². The number of nitrogens with zero attached hydrogens (tertiary/aromatic N) is 2. The number of aromatic amines is 1. The van der Waals surface area contributed by atoms with Gasteiger partial charge < -0.3 is 4.98 Å². The van der Waals surface area contributed by atoms with Crippen molar-refractivity contribution >= 4 is 22.6 Å². The highest BCUT2D eigenvalue weighted by Crippen LogP contribution is 2.27. The Morgan fingerprint density at radius 1 is 0.952 bits per heavy atom. The molecule has 0 unspecified atom stereocenters. The molecular weight excluding hydrogens is 278 g/mol. The smallest absolute Gasteiger partial charge is 0.138 e. The fourth-order valence-electron chi connectivity index (χ4n) is 2.38. The Labute approximate surface area is 126 Å². The number of hydrogen-bond donors (Lipinski definition) is 1. The molecule has 0 amide bonds. The minimum atomic E-state index is 0.906. The van der Waals surface area contributed by atoms with Gasteiger partial charge in [-0.25, -0.2) is 4.98 Å². The number of fused-ring (bicyclic) bond motifs is 1. The molecule has 4 heteroatoms. The monoisotopic (exact) mass is 291 g/mol. The van der Waals surface area contributed by atoms with Crippen LogP contribution >= 0.6 is 11.5 Å². The van der Waals surface area contributed by atoms with Crippen LogP contribution in [0, 0.1) is 6.92 Å². The Kier molecular flexibility index (Phi) is 2.82. The lowest BCUT2D eigenvalue weighted by atomic mass is 10.1. The van der Waals surface area contributed by atoms with Crippen molar-refractivity contribution in [2.45, 2.75) is 6.92 Å². The summed E-state index contributed by atoms with van der Waals surface area (Å²) in [4.78, 5) is 9.18. The lowest BCUT2D eigenvalue weighted by molar-refractivity contribution is 1.34. The van der Waals surface area contributed by atoms with Crippen LogP contribution < -0.4 is 0 Å². The van der Waals surface area contributed by atoms with Gasteiger partial charge in [0, 0.05) is 5.56 Å². The van der Waals surface area contributed by atoms with Crippen LogP contribution in [0.2, 0.25) is 0 Å². The van der Waals surface area contributed by atoms with Crippen molar-refractivity contribution in [2.24, 2.45) is 0 Å². The van der Waals surface area contributed by atoms with Gasteiger partial charge in [-0.2, -0.15) is 4.37 Å². The molecule has 2 heterocycles. The molecule has 0 spiro atoms. The largest absolute Gasteiger partial charge is 0.338 e. The summed E-state index contributed by atoms with van der Waals surface area (Å²) in [7, 11) is 0. The zero-order valence-electron chi connectivity index (χ0n) is 11.5. The van der Waals surface area contributed by atoms with Crippen LogP contribution in [0.1, 0.15) is 5.69 Å². The maximum absolute atomic E-state index is 4.62. The average molecular weight is 291 g/mol. The minimum absolute atomic E-state index is 0.906. The van der Waals surface area contributed by atoms with Crippen molar-refractivity contribution in [1.29, 1.82) is 0 Å². The maximum Gasteiger partial charge on any atom is 0.138 e. The molecule has 0 aliphatic heterocycles. The van der Waals surface area contributed by atoms with E-state index in [4.69, 9.17) is 0 Å². The molecule has 0 saturated heterocycles. The molecule has 0 aliphatic carbocycles. The van der Waals surface area contributed by atoms with Gasteiger partial charge >= 0.3 is 0 Å². The first-order chi connectivity index (χ1) is 10.3. The Balaban J connectivity index is 1.72. The molecule has 1 N–H and O–H groups in total. The number of hydrogen-bond acceptors (Lipinski definition) is 3. The summed E-state index contributed by atoms with van der Waals surface area (Å²) in [6.45, 7) is 2.02. The molecule has 2 aromatic heterocycles. The normalized spacial score (nSPS) is 11.1. The van der Waals surface area contributed by atoms with Crippen LogP contribution in [-0.2, 0) is 0 Å². The summed E-state index contributed by atoms with van der Waals surface area (Å²) in [5, 5.41) is 0. The van der Waals surface area contributed by atoms with Gasteiger partial charge in [0.05, 0.1) is 21.6 Å². The molecule has 0 atom stereocenters. The highest BCUT2D eigenvalue weighted by molar-refractivity contribution is 7.09. The van der Waals surface area contributed by atoms with Gasteiger partial charge in [-0.1, -0.05) is 36.4 Å². The van der Waals surface area contributed by atoms with Gasteiger partial charge in [0.1, 0.15) is 5.82 Å². The number of para-hydroxylation sites is 2. The Morgan fingerprint density at radius 3 is 2.43 bits per heavy atom. The minimum Gasteiger partial charge on any atom is -0.338 e. The van der Waals surface area contributed by atoms with E-state index in [1.165, 1.54) is 22.0 Å². The SMILES string of the molecule is Cc1cc(-c2ccc(-c3nc4ccccc4[nH]3)cc2)sn1. The fourth-order valence-corrected chi connectivity index (χ4v) is 3.14. The molecule has 4 aromatic rings. The number of benzene rings is 2. The molecule has 0 radical (unpaired) electrons. The van der Waals surface area contributed by atoms with E-state index < -0.39 is 0 Å². The van der Waals surface area contributed by atoms with E-state index in [1.807, 2.05) is 31.2 Å². The van der Waals surface area contributed by atoms with Crippen LogP contribution in [-0.4, -0.2) is 14.3 Å². The Morgan fingerprint density at radius 2 is 1.71 bits per heavy atom. The van der Waals surface area contributed by atoms with E-state index >= 15 is 0 Å². The van der Waals surface area contributed by atoms with Gasteiger partial charge in [-0.3, -0.25) is 0 Å². The summed E-state index contributed by atoms with van der Waals surface area (Å²) in [6, 6.07) is 18.6. The van der Waals surface area contributed by atoms with E-state index in [1.54, 1.807) is 0 Å². The number of H-pyrrole nitrogens is 1. The average Bonchev–Trinajstić information content (AvgIpc) is 3.13. The third kappa shape index (κ3) is 2.23. The van der Waals surface area contributed by atoms with Gasteiger partial charge in [0.2, 0.25) is 0 Å². The number of aryl methyl sites for hydroxylation is 1. The van der Waals surface area contributed by atoms with Crippen LogP contribution in [0.3, 0.4) is 0 Å². The molecule has 0 saturated carbocycles. The summed E-state index contributed by atoms with van der Waals surface area (Å²) in [6.07, 6.45) is 0. The second-order valence-corrected chi connectivity index (χ2v) is 5.82. The van der Waals surface area contributed by atoms with E-state index in [0.717, 1.165) is 28.1 Å². The maximum atomic E-state index is 4.62. The summed E-state index contributed by atoms with van der Waals surface area (Å²) < 4.78 is 4.33. The van der Waals surface area contributed by atoms with Crippen LogP contribution in [0.4, 0.5) is 0 Å². The van der Waals surface area contributed by atoms with Crippen LogP contribution in [0.15, 0.2) is 54.6 Å². The first kappa shape index (κ1) is 12.3. The van der Waals surface area contributed by atoms with Crippen molar-refractivity contribution in [3.63, 3.8) is 0 Å². The van der Waals surface area contributed by atoms with Gasteiger partial charge in [0.15, 0.2) is 0 Å². The van der Waals surface area contributed by atoms with Crippen LogP contribution in [0.25, 0.3) is 32.9 Å². The topological polar surface area (TPSA) is 41.6 Å². The van der Waals surface area contributed by atoms with Gasteiger partial charge in [0.25, 0.3) is 0 Å². The van der Waals surface area contributed by atoms with E-state index in [9.17, 15) is 0 Å². The molecule has 21 heavy (non-hydrogen) atoms. The number of aromatic nitrogens is 3. The molecule has 0 bridgehead atoms. The summed E-state index contributed by atoms with van der Waals surface area (Å²) in [5.74, 6) is 0.906. The fraction of sp³-hybridized carbons (Fsp3) is 0.0588. The van der Waals surface area contributed by atoms with E-state index in [0.29, 0.717) is 0 Å². The number of nitrogens with one attached hydrogen (secondary N) is 1. The second-order valence-electron chi connectivity index (χ2n) is 5.01. The van der Waals surface area contributed by atoms with Crippen molar-refractivity contribution < 1.29 is 0 Å². The zero-order valence-corrected chi connectivity index (χ0v) is 12.3. The Hall–Kier alpha value is -2.46. The molecule has 0 fully saturated rings. The molecule has 0 aliphatic rings. The first-order valence-electron chi connectivity index (χ1n) is 6.78. The third-order valence-electron chi connectivity index (χ3n) is 3.46. The molecular formula is C17H13N3S. The van der Waals surface area contributed by atoms with Crippen molar-refractivity contribution in [3.05, 3.63) is 60.3 Å². The lowest BCUT2D eigenvalue weighted by Gasteiger charge is -1.99. The van der Waals surface area contributed by atoms with E-state index in [-0.39, 0.29) is 0 Å². The number of rotatable bonds is 2. The standard InChI is InChI=1S/C17H13N3S/c1-11-10-16(21-20-11)12-6-8-13(9-7-12)17-18-14-4-2-3-5-15(14)19-17/h2-10H,1H3,(H,18,19). The summed E-state index contributed by atoms with van der Waals surface area (Å²) >= 11 is 1.53. The predicted octanol–water partition coefficient (Wildman–Crippen LogP) is 4.66. The first-order valence-corrected chi connectivity index (χ1v) is 7.56. The Bertz CT molecular complexity index is 870. The van der Waals surface area contributed by atoms with Crippen molar-refractivity contribution in [1.82, 2.24) is 14.3 Å². The molecule has 102 valence electrons. The molecule has 2 aromatic carbocycles. The highest BCUT2D eigenvalue weighted by atomic mass is 32.1. The quantitative estimate of drug-likeness (QED) is 0.583. The highest BCUT2D eigenvalue weighted by Gasteiger charge is 2.06. The van der Waals surface area contributed by atoms with Crippen molar-refractivity contribution in [3.8, 4) is 21.8 Å². The van der Waals surface area contributed by atoms with Gasteiger partial charge in [-0.05, 0) is 42.2 Å². The van der Waals surface area contributed by atoms with Gasteiger partial charge in [-0.15, -0.1) is 0 Å². The molecule has 4 rings (SSSR count). The second kappa shape index (κ2) is 4.82. The number of imidazole rings is 1.